The number of hydrogen-bond acceptors (Lipinski definition) is 1. The zero-order valence-corrected chi connectivity index (χ0v) is 7.47. The number of allylic oxidation sites excluding steroid dienone is 1. The molecule has 0 aliphatic heterocycles. The second-order valence-electron chi connectivity index (χ2n) is 3.64. The fourth-order valence-corrected chi connectivity index (χ4v) is 1.80. The average molecular weight is 153 g/mol. The van der Waals surface area contributed by atoms with Gasteiger partial charge in [-0.3, -0.25) is 0 Å². The zero-order valence-electron chi connectivity index (χ0n) is 7.47. The molecule has 1 unspecified atom stereocenters. The van der Waals surface area contributed by atoms with Gasteiger partial charge in [-0.25, -0.2) is 0 Å². The molecule has 1 aliphatic carbocycles. The molecule has 1 heteroatoms. The Hall–Kier alpha value is -0.300. The van der Waals surface area contributed by atoms with Crippen LogP contribution in [0.1, 0.15) is 39.0 Å². The zero-order chi connectivity index (χ0) is 8.10. The fourth-order valence-electron chi connectivity index (χ4n) is 1.80. The minimum absolute atomic E-state index is 0.803. The van der Waals surface area contributed by atoms with Crippen molar-refractivity contribution in [2.24, 2.45) is 11.7 Å². The molecule has 2 N–H and O–H groups in total. The molecule has 0 aromatic rings. The summed E-state index contributed by atoms with van der Waals surface area (Å²) in [4.78, 5) is 0. The highest BCUT2D eigenvalue weighted by Crippen LogP contribution is 2.27. The largest absolute Gasteiger partial charge is 0.330 e. The summed E-state index contributed by atoms with van der Waals surface area (Å²) in [6.07, 6.45) is 8.86. The van der Waals surface area contributed by atoms with Crippen molar-refractivity contribution in [2.45, 2.75) is 39.0 Å². The minimum atomic E-state index is 0.803. The normalized spacial score (nSPS) is 29.3. The second kappa shape index (κ2) is 4.55. The van der Waals surface area contributed by atoms with E-state index in [1.807, 2.05) is 0 Å². The Morgan fingerprint density at radius 1 is 1.64 bits per heavy atom. The summed E-state index contributed by atoms with van der Waals surface area (Å²) in [7, 11) is 0. The predicted molar refractivity (Wildman–Crippen MR) is 49.4 cm³/mol. The van der Waals surface area contributed by atoms with Crippen LogP contribution in [0.3, 0.4) is 0 Å². The van der Waals surface area contributed by atoms with Crippen LogP contribution in [0.2, 0.25) is 0 Å². The average Bonchev–Trinajstić information content (AvgIpc) is 2.01. The molecule has 0 aromatic heterocycles. The standard InChI is InChI=1S/C10H19N/c1-9-4-2-5-10(8-9)6-3-7-11/h6,9H,2-5,7-8,11H2,1H3. The molecule has 1 atom stereocenters. The molecule has 0 aromatic carbocycles. The monoisotopic (exact) mass is 153 g/mol. The van der Waals surface area contributed by atoms with Crippen molar-refractivity contribution in [3.8, 4) is 0 Å². The lowest BCUT2D eigenvalue weighted by Gasteiger charge is -2.20. The Kier molecular flexibility index (Phi) is 3.64. The van der Waals surface area contributed by atoms with E-state index in [0.29, 0.717) is 0 Å². The Morgan fingerprint density at radius 3 is 3.09 bits per heavy atom. The first-order valence-corrected chi connectivity index (χ1v) is 4.71. The first-order valence-electron chi connectivity index (χ1n) is 4.71. The molecule has 1 aliphatic rings. The third kappa shape index (κ3) is 3.06. The van der Waals surface area contributed by atoms with E-state index in [-0.39, 0.29) is 0 Å². The van der Waals surface area contributed by atoms with Crippen LogP contribution in [0, 0.1) is 5.92 Å². The van der Waals surface area contributed by atoms with Crippen molar-refractivity contribution in [2.75, 3.05) is 6.54 Å². The smallest absolute Gasteiger partial charge is 0.00425 e. The highest BCUT2D eigenvalue weighted by Gasteiger charge is 2.11. The topological polar surface area (TPSA) is 26.0 Å². The van der Waals surface area contributed by atoms with Gasteiger partial charge in [-0.1, -0.05) is 25.0 Å². The van der Waals surface area contributed by atoms with Gasteiger partial charge in [-0.2, -0.15) is 0 Å². The van der Waals surface area contributed by atoms with E-state index in [2.05, 4.69) is 13.0 Å². The van der Waals surface area contributed by atoms with E-state index in [0.717, 1.165) is 18.9 Å². The maximum absolute atomic E-state index is 5.44. The Morgan fingerprint density at radius 2 is 2.45 bits per heavy atom. The summed E-state index contributed by atoms with van der Waals surface area (Å²) >= 11 is 0. The van der Waals surface area contributed by atoms with Crippen molar-refractivity contribution in [3.63, 3.8) is 0 Å². The van der Waals surface area contributed by atoms with Gasteiger partial charge in [0.1, 0.15) is 0 Å². The van der Waals surface area contributed by atoms with Crippen LogP contribution in [0.5, 0.6) is 0 Å². The number of nitrogens with two attached hydrogens (primary N) is 1. The van der Waals surface area contributed by atoms with Gasteiger partial charge in [-0.15, -0.1) is 0 Å². The number of rotatable bonds is 2. The molecule has 1 saturated carbocycles. The molecule has 0 spiro atoms. The molecular weight excluding hydrogens is 134 g/mol. The fraction of sp³-hybridized carbons (Fsp3) is 0.800. The molecule has 0 amide bonds. The van der Waals surface area contributed by atoms with Gasteiger partial charge in [0, 0.05) is 0 Å². The summed E-state index contributed by atoms with van der Waals surface area (Å²) in [5.74, 6) is 0.910. The molecule has 0 bridgehead atoms. The van der Waals surface area contributed by atoms with Gasteiger partial charge < -0.3 is 5.73 Å². The Balaban J connectivity index is 2.32. The number of hydrogen-bond donors (Lipinski definition) is 1. The molecule has 1 fully saturated rings. The third-order valence-electron chi connectivity index (χ3n) is 2.41. The van der Waals surface area contributed by atoms with Crippen LogP contribution in [-0.4, -0.2) is 6.54 Å². The summed E-state index contributed by atoms with van der Waals surface area (Å²) in [6, 6.07) is 0. The van der Waals surface area contributed by atoms with Crippen LogP contribution >= 0.6 is 0 Å². The van der Waals surface area contributed by atoms with Gasteiger partial charge in [0.05, 0.1) is 0 Å². The van der Waals surface area contributed by atoms with Crippen LogP contribution in [0.4, 0.5) is 0 Å². The quantitative estimate of drug-likeness (QED) is 0.606. The lowest BCUT2D eigenvalue weighted by Crippen LogP contribution is -2.05. The lowest BCUT2D eigenvalue weighted by atomic mass is 9.86. The molecule has 0 saturated heterocycles. The first kappa shape index (κ1) is 8.79. The molecule has 1 nitrogen and oxygen atoms in total. The van der Waals surface area contributed by atoms with Crippen molar-refractivity contribution in [1.82, 2.24) is 0 Å². The van der Waals surface area contributed by atoms with Crippen LogP contribution in [0.25, 0.3) is 0 Å². The van der Waals surface area contributed by atoms with E-state index in [4.69, 9.17) is 5.73 Å². The molecule has 0 heterocycles. The Bertz CT molecular complexity index is 138. The van der Waals surface area contributed by atoms with E-state index >= 15 is 0 Å². The highest BCUT2D eigenvalue weighted by molar-refractivity contribution is 5.05. The SMILES string of the molecule is CC1CCCC(=CCCN)C1. The maximum Gasteiger partial charge on any atom is -0.00425 e. The van der Waals surface area contributed by atoms with Crippen LogP contribution in [0.15, 0.2) is 11.6 Å². The van der Waals surface area contributed by atoms with Gasteiger partial charge >= 0.3 is 0 Å². The van der Waals surface area contributed by atoms with Gasteiger partial charge in [0.15, 0.2) is 0 Å². The molecular formula is C10H19N. The molecule has 11 heavy (non-hydrogen) atoms. The van der Waals surface area contributed by atoms with E-state index in [1.54, 1.807) is 5.57 Å². The maximum atomic E-state index is 5.44. The first-order chi connectivity index (χ1) is 5.33. The summed E-state index contributed by atoms with van der Waals surface area (Å²) in [5.41, 5.74) is 7.08. The van der Waals surface area contributed by atoms with Gasteiger partial charge in [0.25, 0.3) is 0 Å². The molecule has 1 rings (SSSR count). The minimum Gasteiger partial charge on any atom is -0.330 e. The highest BCUT2D eigenvalue weighted by atomic mass is 14.5. The van der Waals surface area contributed by atoms with Crippen molar-refractivity contribution < 1.29 is 0 Å². The molecule has 64 valence electrons. The Labute approximate surface area is 69.7 Å². The summed E-state index contributed by atoms with van der Waals surface area (Å²) in [6.45, 7) is 3.15. The van der Waals surface area contributed by atoms with Crippen molar-refractivity contribution in [3.05, 3.63) is 11.6 Å². The van der Waals surface area contributed by atoms with Crippen molar-refractivity contribution >= 4 is 0 Å². The van der Waals surface area contributed by atoms with E-state index in [1.165, 1.54) is 25.7 Å². The van der Waals surface area contributed by atoms with Gasteiger partial charge in [-0.05, 0) is 38.1 Å². The van der Waals surface area contributed by atoms with E-state index < -0.39 is 0 Å². The van der Waals surface area contributed by atoms with Gasteiger partial charge in [0.2, 0.25) is 0 Å². The van der Waals surface area contributed by atoms with Crippen LogP contribution in [-0.2, 0) is 0 Å². The summed E-state index contributed by atoms with van der Waals surface area (Å²) < 4.78 is 0. The van der Waals surface area contributed by atoms with Crippen molar-refractivity contribution in [1.29, 1.82) is 0 Å². The van der Waals surface area contributed by atoms with Crippen LogP contribution < -0.4 is 5.73 Å². The predicted octanol–water partition coefficient (Wildman–Crippen LogP) is 2.47. The lowest BCUT2D eigenvalue weighted by molar-refractivity contribution is 0.451. The van der Waals surface area contributed by atoms with E-state index in [9.17, 15) is 0 Å². The molecule has 0 radical (unpaired) electrons. The second-order valence-corrected chi connectivity index (χ2v) is 3.64. The third-order valence-corrected chi connectivity index (χ3v) is 2.41. The summed E-state index contributed by atoms with van der Waals surface area (Å²) in [5, 5.41) is 0.